The van der Waals surface area contributed by atoms with Crippen LogP contribution in [0.25, 0.3) is 0 Å². The molecule has 0 bridgehead atoms. The number of carboxylic acids is 1. The number of rotatable bonds is 4. The molecule has 0 atom stereocenters. The lowest BCUT2D eigenvalue weighted by Crippen LogP contribution is -2.03. The van der Waals surface area contributed by atoms with Gasteiger partial charge in [0.25, 0.3) is 0 Å². The standard InChI is InChI=1S/C15H13BrFNO2/c1-9-5-13(17)12(16)7-14(9)18-8-10-3-2-4-11(6-10)15(19)20/h2-7,18H,8H2,1H3,(H,19,20). The average molecular weight is 338 g/mol. The molecular formula is C15H13BrFNO2. The van der Waals surface area contributed by atoms with E-state index in [1.165, 1.54) is 6.07 Å². The van der Waals surface area contributed by atoms with Crippen molar-refractivity contribution in [1.29, 1.82) is 0 Å². The van der Waals surface area contributed by atoms with E-state index in [1.54, 1.807) is 24.3 Å². The molecule has 0 spiro atoms. The topological polar surface area (TPSA) is 49.3 Å². The molecule has 0 aliphatic carbocycles. The predicted octanol–water partition coefficient (Wildman–Crippen LogP) is 4.21. The molecule has 3 nitrogen and oxygen atoms in total. The van der Waals surface area contributed by atoms with E-state index in [0.29, 0.717) is 11.0 Å². The normalized spacial score (nSPS) is 10.3. The van der Waals surface area contributed by atoms with Crippen LogP contribution in [0.4, 0.5) is 10.1 Å². The maximum atomic E-state index is 13.3. The molecule has 2 N–H and O–H groups in total. The number of nitrogens with one attached hydrogen (secondary N) is 1. The Morgan fingerprint density at radius 3 is 2.80 bits per heavy atom. The van der Waals surface area contributed by atoms with Crippen molar-refractivity contribution < 1.29 is 14.3 Å². The minimum absolute atomic E-state index is 0.251. The lowest BCUT2D eigenvalue weighted by Gasteiger charge is -2.11. The van der Waals surface area contributed by atoms with Crippen molar-refractivity contribution >= 4 is 27.6 Å². The Kier molecular flexibility index (Phi) is 4.39. The van der Waals surface area contributed by atoms with Crippen LogP contribution in [0.15, 0.2) is 40.9 Å². The van der Waals surface area contributed by atoms with Crippen LogP contribution in [-0.4, -0.2) is 11.1 Å². The van der Waals surface area contributed by atoms with E-state index < -0.39 is 5.97 Å². The first-order valence-electron chi connectivity index (χ1n) is 5.99. The van der Waals surface area contributed by atoms with Crippen LogP contribution >= 0.6 is 15.9 Å². The highest BCUT2D eigenvalue weighted by Gasteiger charge is 2.06. The molecule has 5 heteroatoms. The molecule has 104 valence electrons. The fraction of sp³-hybridized carbons (Fsp3) is 0.133. The monoisotopic (exact) mass is 337 g/mol. The maximum Gasteiger partial charge on any atom is 0.335 e. The van der Waals surface area contributed by atoms with Crippen molar-refractivity contribution in [2.75, 3.05) is 5.32 Å². The Balaban J connectivity index is 2.15. The SMILES string of the molecule is Cc1cc(F)c(Br)cc1NCc1cccc(C(=O)O)c1. The Bertz CT molecular complexity index is 658. The van der Waals surface area contributed by atoms with Gasteiger partial charge in [0.1, 0.15) is 5.82 Å². The Morgan fingerprint density at radius 2 is 2.10 bits per heavy atom. The summed E-state index contributed by atoms with van der Waals surface area (Å²) >= 11 is 3.14. The molecule has 0 radical (unpaired) electrons. The van der Waals surface area contributed by atoms with Crippen LogP contribution in [0.2, 0.25) is 0 Å². The summed E-state index contributed by atoms with van der Waals surface area (Å²) in [5.41, 5.74) is 2.70. The zero-order valence-electron chi connectivity index (χ0n) is 10.8. The molecule has 0 aliphatic heterocycles. The highest BCUT2D eigenvalue weighted by molar-refractivity contribution is 9.10. The lowest BCUT2D eigenvalue weighted by molar-refractivity contribution is 0.0697. The molecule has 0 aromatic heterocycles. The van der Waals surface area contributed by atoms with E-state index in [4.69, 9.17) is 5.11 Å². The van der Waals surface area contributed by atoms with Crippen LogP contribution in [-0.2, 0) is 6.54 Å². The summed E-state index contributed by atoms with van der Waals surface area (Å²) in [6, 6.07) is 9.82. The third kappa shape index (κ3) is 3.36. The summed E-state index contributed by atoms with van der Waals surface area (Å²) < 4.78 is 13.7. The molecule has 0 unspecified atom stereocenters. The molecule has 2 rings (SSSR count). The number of carboxylic acid groups (broad SMARTS) is 1. The number of hydrogen-bond acceptors (Lipinski definition) is 2. The number of halogens is 2. The summed E-state index contributed by atoms with van der Waals surface area (Å²) in [6.45, 7) is 2.28. The van der Waals surface area contributed by atoms with E-state index in [2.05, 4.69) is 21.2 Å². The highest BCUT2D eigenvalue weighted by Crippen LogP contribution is 2.24. The summed E-state index contributed by atoms with van der Waals surface area (Å²) in [5, 5.41) is 12.1. The Morgan fingerprint density at radius 1 is 1.35 bits per heavy atom. The zero-order chi connectivity index (χ0) is 14.7. The first-order valence-corrected chi connectivity index (χ1v) is 6.78. The van der Waals surface area contributed by atoms with E-state index in [-0.39, 0.29) is 11.4 Å². The second kappa shape index (κ2) is 6.05. The van der Waals surface area contributed by atoms with Gasteiger partial charge in [0, 0.05) is 12.2 Å². The molecule has 0 saturated heterocycles. The second-order valence-electron chi connectivity index (χ2n) is 4.44. The number of aryl methyl sites for hydroxylation is 1. The zero-order valence-corrected chi connectivity index (χ0v) is 12.4. The van der Waals surface area contributed by atoms with E-state index in [0.717, 1.165) is 16.8 Å². The summed E-state index contributed by atoms with van der Waals surface area (Å²) in [7, 11) is 0. The van der Waals surface area contributed by atoms with Gasteiger partial charge >= 0.3 is 5.97 Å². The third-order valence-electron chi connectivity index (χ3n) is 2.92. The minimum Gasteiger partial charge on any atom is -0.478 e. The molecular weight excluding hydrogens is 325 g/mol. The van der Waals surface area contributed by atoms with Crippen molar-refractivity contribution in [2.24, 2.45) is 0 Å². The van der Waals surface area contributed by atoms with Crippen molar-refractivity contribution in [3.63, 3.8) is 0 Å². The summed E-state index contributed by atoms with van der Waals surface area (Å²) in [4.78, 5) is 10.9. The van der Waals surface area contributed by atoms with Crippen molar-refractivity contribution in [3.8, 4) is 0 Å². The maximum absolute atomic E-state index is 13.3. The van der Waals surface area contributed by atoms with Crippen LogP contribution in [0, 0.1) is 12.7 Å². The molecule has 0 aliphatic rings. The molecule has 0 fully saturated rings. The number of benzene rings is 2. The van der Waals surface area contributed by atoms with Crippen molar-refractivity contribution in [3.05, 3.63) is 63.4 Å². The number of carbonyl (C=O) groups is 1. The molecule has 2 aromatic rings. The smallest absolute Gasteiger partial charge is 0.335 e. The van der Waals surface area contributed by atoms with Gasteiger partial charge in [0.15, 0.2) is 0 Å². The first-order chi connectivity index (χ1) is 9.47. The summed E-state index contributed by atoms with van der Waals surface area (Å²) in [5.74, 6) is -1.26. The third-order valence-corrected chi connectivity index (χ3v) is 3.53. The number of anilines is 1. The second-order valence-corrected chi connectivity index (χ2v) is 5.29. The van der Waals surface area contributed by atoms with Crippen LogP contribution in [0.5, 0.6) is 0 Å². The van der Waals surface area contributed by atoms with Gasteiger partial charge < -0.3 is 10.4 Å². The first kappa shape index (κ1) is 14.5. The van der Waals surface area contributed by atoms with Crippen LogP contribution in [0.1, 0.15) is 21.5 Å². The highest BCUT2D eigenvalue weighted by atomic mass is 79.9. The Hall–Kier alpha value is -1.88. The molecule has 0 heterocycles. The fourth-order valence-electron chi connectivity index (χ4n) is 1.85. The van der Waals surface area contributed by atoms with Gasteiger partial charge in [-0.1, -0.05) is 12.1 Å². The van der Waals surface area contributed by atoms with Crippen molar-refractivity contribution in [1.82, 2.24) is 0 Å². The van der Waals surface area contributed by atoms with Gasteiger partial charge in [0.2, 0.25) is 0 Å². The predicted molar refractivity (Wildman–Crippen MR) is 79.6 cm³/mol. The van der Waals surface area contributed by atoms with Gasteiger partial charge in [-0.2, -0.15) is 0 Å². The van der Waals surface area contributed by atoms with E-state index >= 15 is 0 Å². The lowest BCUT2D eigenvalue weighted by atomic mass is 10.1. The quantitative estimate of drug-likeness (QED) is 0.878. The van der Waals surface area contributed by atoms with Crippen LogP contribution in [0.3, 0.4) is 0 Å². The summed E-state index contributed by atoms with van der Waals surface area (Å²) in [6.07, 6.45) is 0. The van der Waals surface area contributed by atoms with Gasteiger partial charge in [-0.05, 0) is 58.2 Å². The number of hydrogen-bond donors (Lipinski definition) is 2. The molecule has 2 aromatic carbocycles. The number of aromatic carboxylic acids is 1. The molecule has 0 amide bonds. The van der Waals surface area contributed by atoms with Crippen LogP contribution < -0.4 is 5.32 Å². The van der Waals surface area contributed by atoms with E-state index in [9.17, 15) is 9.18 Å². The van der Waals surface area contributed by atoms with Gasteiger partial charge in [-0.25, -0.2) is 9.18 Å². The van der Waals surface area contributed by atoms with Gasteiger partial charge in [-0.15, -0.1) is 0 Å². The van der Waals surface area contributed by atoms with Gasteiger partial charge in [0.05, 0.1) is 10.0 Å². The molecule has 20 heavy (non-hydrogen) atoms. The van der Waals surface area contributed by atoms with E-state index in [1.807, 2.05) is 13.0 Å². The minimum atomic E-state index is -0.951. The largest absolute Gasteiger partial charge is 0.478 e. The average Bonchev–Trinajstić information content (AvgIpc) is 2.41. The van der Waals surface area contributed by atoms with Gasteiger partial charge in [-0.3, -0.25) is 0 Å². The Labute approximate surface area is 124 Å². The molecule has 0 saturated carbocycles. The van der Waals surface area contributed by atoms with Crippen molar-refractivity contribution in [2.45, 2.75) is 13.5 Å². The fourth-order valence-corrected chi connectivity index (χ4v) is 2.19.